The lowest BCUT2D eigenvalue weighted by atomic mass is 10.1. The molecule has 0 saturated heterocycles. The second-order valence-corrected chi connectivity index (χ2v) is 7.63. The minimum atomic E-state index is -0.836. The summed E-state index contributed by atoms with van der Waals surface area (Å²) in [6.07, 6.45) is 3.04. The highest BCUT2D eigenvalue weighted by molar-refractivity contribution is 9.10. The lowest BCUT2D eigenvalue weighted by Crippen LogP contribution is -2.30. The van der Waals surface area contributed by atoms with Gasteiger partial charge >= 0.3 is 5.69 Å². The van der Waals surface area contributed by atoms with Crippen LogP contribution in [0.4, 0.5) is 5.69 Å². The van der Waals surface area contributed by atoms with Gasteiger partial charge in [-0.1, -0.05) is 45.2 Å². The fourth-order valence-electron chi connectivity index (χ4n) is 2.89. The standard InChI is InChI=1S/C19H10BrCl2N3O3/c20-10-4-5-14-11(7-10)9(8-23-14)6-12-17(26)24-19(28)25(18(12)27)15-3-1-2-13(21)16(15)22/h1-8,27H,(H,24,26,28). The number of H-pyrrole nitrogens is 1. The van der Waals surface area contributed by atoms with Crippen molar-refractivity contribution in [2.45, 2.75) is 0 Å². The Hall–Kier alpha value is -2.61. The first-order chi connectivity index (χ1) is 13.4. The number of aromatic nitrogens is 2. The van der Waals surface area contributed by atoms with Crippen molar-refractivity contribution in [3.8, 4) is 11.6 Å². The second-order valence-electron chi connectivity index (χ2n) is 5.92. The minimum Gasteiger partial charge on any atom is -0.494 e. The van der Waals surface area contributed by atoms with Gasteiger partial charge in [-0.3, -0.25) is 14.8 Å². The largest absolute Gasteiger partial charge is 0.494 e. The van der Waals surface area contributed by atoms with E-state index in [4.69, 9.17) is 23.2 Å². The van der Waals surface area contributed by atoms with Gasteiger partial charge in [0.1, 0.15) is 5.56 Å². The summed E-state index contributed by atoms with van der Waals surface area (Å²) in [5, 5.41) is 11.0. The van der Waals surface area contributed by atoms with Gasteiger partial charge in [-0.25, -0.2) is 9.36 Å². The topological polar surface area (TPSA) is 87.5 Å². The Morgan fingerprint density at radius 1 is 1.18 bits per heavy atom. The molecular weight excluding hydrogens is 469 g/mol. The predicted molar refractivity (Wildman–Crippen MR) is 115 cm³/mol. The van der Waals surface area contributed by atoms with Gasteiger partial charge in [-0.15, -0.1) is 0 Å². The Kier molecular flexibility index (Phi) is 4.74. The van der Waals surface area contributed by atoms with Crippen LogP contribution in [0.3, 0.4) is 0 Å². The quantitative estimate of drug-likeness (QED) is 0.566. The lowest BCUT2D eigenvalue weighted by molar-refractivity contribution is 0.429. The van der Waals surface area contributed by atoms with Crippen LogP contribution in [0.2, 0.25) is 10.0 Å². The van der Waals surface area contributed by atoms with Crippen molar-refractivity contribution < 1.29 is 5.11 Å². The molecule has 0 saturated carbocycles. The number of rotatable bonds is 2. The molecule has 140 valence electrons. The van der Waals surface area contributed by atoms with E-state index in [1.54, 1.807) is 18.3 Å². The van der Waals surface area contributed by atoms with Crippen molar-refractivity contribution >= 4 is 62.7 Å². The van der Waals surface area contributed by atoms with Crippen molar-refractivity contribution in [1.29, 1.82) is 0 Å². The van der Waals surface area contributed by atoms with Crippen LogP contribution in [0.15, 0.2) is 55.5 Å². The molecule has 28 heavy (non-hydrogen) atoms. The molecule has 1 aliphatic heterocycles. The third-order valence-electron chi connectivity index (χ3n) is 4.21. The maximum atomic E-state index is 12.4. The average molecular weight is 479 g/mol. The second kappa shape index (κ2) is 7.09. The van der Waals surface area contributed by atoms with E-state index in [9.17, 15) is 14.7 Å². The Morgan fingerprint density at radius 3 is 2.75 bits per heavy atom. The smallest absolute Gasteiger partial charge is 0.335 e. The van der Waals surface area contributed by atoms with Gasteiger partial charge in [0.25, 0.3) is 5.56 Å². The third-order valence-corrected chi connectivity index (χ3v) is 5.51. The molecule has 0 aliphatic carbocycles. The van der Waals surface area contributed by atoms with Gasteiger partial charge in [0, 0.05) is 21.8 Å². The maximum Gasteiger partial charge on any atom is 0.335 e. The summed E-state index contributed by atoms with van der Waals surface area (Å²) >= 11 is 15.6. The fourth-order valence-corrected chi connectivity index (χ4v) is 3.63. The number of hydrogen-bond acceptors (Lipinski definition) is 4. The first kappa shape index (κ1) is 18.7. The highest BCUT2D eigenvalue weighted by Crippen LogP contribution is 2.35. The number of nitrogens with one attached hydrogen (secondary N) is 1. The molecule has 1 aromatic heterocycles. The minimum absolute atomic E-state index is 0.0731. The van der Waals surface area contributed by atoms with E-state index in [1.165, 1.54) is 12.1 Å². The molecule has 9 heteroatoms. The van der Waals surface area contributed by atoms with Crippen molar-refractivity contribution in [3.05, 3.63) is 82.9 Å². The van der Waals surface area contributed by atoms with Crippen molar-refractivity contribution in [2.75, 3.05) is 0 Å². The van der Waals surface area contributed by atoms with Crippen LogP contribution in [-0.2, 0) is 0 Å². The van der Waals surface area contributed by atoms with Gasteiger partial charge in [0.05, 0.1) is 21.4 Å². The SMILES string of the molecule is O=c1[nH]c(=O)n(-c2cccc(Cl)c2Cl)c(O)c1C=C1C=Nc2ccc(Br)cc21. The number of nitrogens with zero attached hydrogens (tertiary/aromatic N) is 2. The molecule has 3 aromatic rings. The zero-order valence-corrected chi connectivity index (χ0v) is 17.0. The first-order valence-electron chi connectivity index (χ1n) is 7.95. The highest BCUT2D eigenvalue weighted by Gasteiger charge is 2.19. The summed E-state index contributed by atoms with van der Waals surface area (Å²) in [6.45, 7) is 0. The van der Waals surface area contributed by atoms with Gasteiger partial charge in [-0.2, -0.15) is 0 Å². The van der Waals surface area contributed by atoms with Crippen LogP contribution in [0.25, 0.3) is 17.3 Å². The number of aromatic hydroxyl groups is 1. The molecule has 0 bridgehead atoms. The molecule has 2 aromatic carbocycles. The van der Waals surface area contributed by atoms with Crippen LogP contribution in [-0.4, -0.2) is 20.9 Å². The van der Waals surface area contributed by atoms with Gasteiger partial charge in [-0.05, 0) is 36.4 Å². The van der Waals surface area contributed by atoms with Crippen LogP contribution in [0, 0.1) is 0 Å². The summed E-state index contributed by atoms with van der Waals surface area (Å²) in [7, 11) is 0. The molecule has 0 unspecified atom stereocenters. The van der Waals surface area contributed by atoms with E-state index >= 15 is 0 Å². The molecule has 4 rings (SSSR count). The van der Waals surface area contributed by atoms with Crippen LogP contribution in [0.1, 0.15) is 11.1 Å². The van der Waals surface area contributed by atoms with Gasteiger partial charge in [0.2, 0.25) is 5.88 Å². The number of fused-ring (bicyclic) bond motifs is 1. The van der Waals surface area contributed by atoms with Gasteiger partial charge in [0.15, 0.2) is 0 Å². The van der Waals surface area contributed by atoms with Gasteiger partial charge < -0.3 is 5.11 Å². The van der Waals surface area contributed by atoms with E-state index in [-0.39, 0.29) is 21.3 Å². The number of aliphatic imine (C=N–C) groups is 1. The van der Waals surface area contributed by atoms with E-state index < -0.39 is 17.1 Å². The Balaban J connectivity index is 1.95. The van der Waals surface area contributed by atoms with Crippen molar-refractivity contribution in [1.82, 2.24) is 9.55 Å². The maximum absolute atomic E-state index is 12.4. The van der Waals surface area contributed by atoms with E-state index in [0.29, 0.717) is 5.57 Å². The number of halogens is 3. The Morgan fingerprint density at radius 2 is 1.96 bits per heavy atom. The number of hydrogen-bond donors (Lipinski definition) is 2. The fraction of sp³-hybridized carbons (Fsp3) is 0. The number of allylic oxidation sites excluding steroid dienone is 1. The normalized spacial score (nSPS) is 13.9. The lowest BCUT2D eigenvalue weighted by Gasteiger charge is -2.12. The van der Waals surface area contributed by atoms with E-state index in [1.807, 2.05) is 18.2 Å². The molecule has 1 aliphatic rings. The van der Waals surface area contributed by atoms with Crippen LogP contribution >= 0.6 is 39.1 Å². The highest BCUT2D eigenvalue weighted by atomic mass is 79.9. The molecule has 2 N–H and O–H groups in total. The molecule has 2 heterocycles. The first-order valence-corrected chi connectivity index (χ1v) is 9.50. The predicted octanol–water partition coefficient (Wildman–Crippen LogP) is 4.56. The Labute approximate surface area is 176 Å². The summed E-state index contributed by atoms with van der Waals surface area (Å²) in [5.74, 6) is -0.553. The van der Waals surface area contributed by atoms with Crippen molar-refractivity contribution in [3.63, 3.8) is 0 Å². The molecular formula is C19H10BrCl2N3O3. The molecule has 0 atom stereocenters. The summed E-state index contributed by atoms with van der Waals surface area (Å²) < 4.78 is 1.74. The average Bonchev–Trinajstić information content (AvgIpc) is 3.04. The third kappa shape index (κ3) is 3.11. The summed E-state index contributed by atoms with van der Waals surface area (Å²) in [6, 6.07) is 10.2. The molecule has 0 amide bonds. The summed E-state index contributed by atoms with van der Waals surface area (Å²) in [5.41, 5.74) is 0.599. The number of aromatic amines is 1. The van der Waals surface area contributed by atoms with E-state index in [2.05, 4.69) is 25.9 Å². The van der Waals surface area contributed by atoms with Crippen LogP contribution < -0.4 is 11.2 Å². The zero-order chi connectivity index (χ0) is 20.0. The number of benzene rings is 2. The summed E-state index contributed by atoms with van der Waals surface area (Å²) in [4.78, 5) is 31.2. The monoisotopic (exact) mass is 477 g/mol. The molecule has 0 radical (unpaired) electrons. The van der Waals surface area contributed by atoms with E-state index in [0.717, 1.165) is 20.3 Å². The molecule has 0 fully saturated rings. The zero-order valence-electron chi connectivity index (χ0n) is 13.9. The molecule has 0 spiro atoms. The molecule has 6 nitrogen and oxygen atoms in total. The van der Waals surface area contributed by atoms with Crippen molar-refractivity contribution in [2.24, 2.45) is 4.99 Å². The Bertz CT molecular complexity index is 1310. The van der Waals surface area contributed by atoms with Crippen LogP contribution in [0.5, 0.6) is 5.88 Å².